The van der Waals surface area contributed by atoms with Crippen LogP contribution in [0, 0.1) is 6.92 Å². The molecule has 0 fully saturated rings. The molecule has 1 aromatic carbocycles. The number of benzene rings is 1. The molecule has 3 aromatic rings. The van der Waals surface area contributed by atoms with Crippen LogP contribution in [0.25, 0.3) is 10.9 Å². The van der Waals surface area contributed by atoms with Gasteiger partial charge in [0.05, 0.1) is 11.8 Å². The van der Waals surface area contributed by atoms with Crippen molar-refractivity contribution in [2.24, 2.45) is 0 Å². The monoisotopic (exact) mass is 270 g/mol. The Hall–Kier alpha value is -1.94. The van der Waals surface area contributed by atoms with Gasteiger partial charge in [-0.1, -0.05) is 18.2 Å². The maximum Gasteiger partial charge on any atom is 0.128 e. The van der Waals surface area contributed by atoms with E-state index in [1.165, 1.54) is 0 Å². The maximum atomic E-state index is 6.02. The molecular weight excluding hydrogens is 256 g/mol. The van der Waals surface area contributed by atoms with Crippen molar-refractivity contribution >= 4 is 28.5 Å². The van der Waals surface area contributed by atoms with Crippen LogP contribution in [0.3, 0.4) is 0 Å². The molecule has 2 heterocycles. The normalized spacial score (nSPS) is 11.0. The number of thioether (sulfide) groups is 1. The van der Waals surface area contributed by atoms with E-state index in [1.807, 2.05) is 31.2 Å². The summed E-state index contributed by atoms with van der Waals surface area (Å²) in [6.07, 6.45) is 1.71. The number of nitrogens with zero attached hydrogens (tertiary/aromatic N) is 1. The summed E-state index contributed by atoms with van der Waals surface area (Å²) < 4.78 is 5.29. The highest BCUT2D eigenvalue weighted by molar-refractivity contribution is 7.98. The van der Waals surface area contributed by atoms with Crippen molar-refractivity contribution in [1.82, 2.24) is 4.98 Å². The third kappa shape index (κ3) is 2.44. The van der Waals surface area contributed by atoms with Gasteiger partial charge < -0.3 is 10.2 Å². The van der Waals surface area contributed by atoms with E-state index < -0.39 is 0 Å². The molecule has 0 aliphatic carbocycles. The minimum Gasteiger partial charge on any atom is -0.468 e. The van der Waals surface area contributed by atoms with Crippen LogP contribution in [-0.2, 0) is 5.75 Å². The fraction of sp³-hybridized carbons (Fsp3) is 0.133. The van der Waals surface area contributed by atoms with E-state index in [4.69, 9.17) is 10.2 Å². The lowest BCUT2D eigenvalue weighted by atomic mass is 10.1. The summed E-state index contributed by atoms with van der Waals surface area (Å²) in [4.78, 5) is 5.58. The summed E-state index contributed by atoms with van der Waals surface area (Å²) in [5.74, 6) is 2.34. The quantitative estimate of drug-likeness (QED) is 0.730. The van der Waals surface area contributed by atoms with Gasteiger partial charge in [0, 0.05) is 21.6 Å². The number of aromatic nitrogens is 1. The Balaban J connectivity index is 1.88. The Morgan fingerprint density at radius 3 is 2.89 bits per heavy atom. The second-order valence-electron chi connectivity index (χ2n) is 4.36. The van der Waals surface area contributed by atoms with Gasteiger partial charge in [-0.2, -0.15) is 0 Å². The minimum atomic E-state index is 0.604. The zero-order valence-electron chi connectivity index (χ0n) is 10.6. The summed E-state index contributed by atoms with van der Waals surface area (Å²) in [6.45, 7) is 1.96. The molecule has 0 aliphatic rings. The van der Waals surface area contributed by atoms with E-state index in [0.29, 0.717) is 5.82 Å². The molecule has 4 heteroatoms. The van der Waals surface area contributed by atoms with Crippen molar-refractivity contribution in [3.05, 3.63) is 54.0 Å². The molecule has 3 rings (SSSR count). The number of furan rings is 1. The summed E-state index contributed by atoms with van der Waals surface area (Å²) in [5, 5.41) is 1.12. The van der Waals surface area contributed by atoms with Crippen molar-refractivity contribution in [1.29, 1.82) is 0 Å². The Bertz CT molecular complexity index is 721. The number of hydrogen-bond donors (Lipinski definition) is 1. The Labute approximate surface area is 115 Å². The number of hydrogen-bond acceptors (Lipinski definition) is 4. The van der Waals surface area contributed by atoms with Crippen molar-refractivity contribution in [3.8, 4) is 0 Å². The van der Waals surface area contributed by atoms with E-state index >= 15 is 0 Å². The maximum absolute atomic E-state index is 6.02. The van der Waals surface area contributed by atoms with Crippen LogP contribution in [-0.4, -0.2) is 4.98 Å². The highest BCUT2D eigenvalue weighted by Crippen LogP contribution is 2.29. The van der Waals surface area contributed by atoms with Gasteiger partial charge in [-0.05, 0) is 25.1 Å². The first-order chi connectivity index (χ1) is 9.24. The largest absolute Gasteiger partial charge is 0.468 e. The number of nitrogen functional groups attached to an aromatic ring is 1. The zero-order chi connectivity index (χ0) is 13.2. The van der Waals surface area contributed by atoms with Crippen molar-refractivity contribution in [3.63, 3.8) is 0 Å². The number of nitrogens with two attached hydrogens (primary N) is 1. The first-order valence-corrected chi connectivity index (χ1v) is 7.03. The molecule has 0 amide bonds. The van der Waals surface area contributed by atoms with Gasteiger partial charge >= 0.3 is 0 Å². The molecule has 0 spiro atoms. The van der Waals surface area contributed by atoms with Gasteiger partial charge in [0.1, 0.15) is 11.6 Å². The second kappa shape index (κ2) is 4.97. The van der Waals surface area contributed by atoms with Gasteiger partial charge in [-0.3, -0.25) is 0 Å². The van der Waals surface area contributed by atoms with E-state index in [2.05, 4.69) is 17.1 Å². The molecule has 0 saturated carbocycles. The lowest BCUT2D eigenvalue weighted by Crippen LogP contribution is -1.97. The van der Waals surface area contributed by atoms with Gasteiger partial charge in [-0.25, -0.2) is 4.98 Å². The van der Waals surface area contributed by atoms with Gasteiger partial charge in [0.25, 0.3) is 0 Å². The number of anilines is 1. The fourth-order valence-electron chi connectivity index (χ4n) is 1.97. The average molecular weight is 270 g/mol. The van der Waals surface area contributed by atoms with Crippen LogP contribution in [0.1, 0.15) is 11.3 Å². The molecule has 2 N–H and O–H groups in total. The molecule has 0 atom stereocenters. The van der Waals surface area contributed by atoms with Crippen LogP contribution < -0.4 is 5.73 Å². The summed E-state index contributed by atoms with van der Waals surface area (Å²) in [7, 11) is 0. The molecular formula is C15H14N2OS. The summed E-state index contributed by atoms with van der Waals surface area (Å²) in [6, 6.07) is 12.1. The molecule has 0 bridgehead atoms. The molecule has 96 valence electrons. The molecule has 0 unspecified atom stereocenters. The minimum absolute atomic E-state index is 0.604. The molecule has 0 aliphatic heterocycles. The summed E-state index contributed by atoms with van der Waals surface area (Å²) in [5.41, 5.74) is 8.01. The Morgan fingerprint density at radius 2 is 2.11 bits per heavy atom. The van der Waals surface area contributed by atoms with E-state index in [0.717, 1.165) is 32.9 Å². The molecule has 2 aromatic heterocycles. The van der Waals surface area contributed by atoms with E-state index in [1.54, 1.807) is 18.0 Å². The van der Waals surface area contributed by atoms with Crippen molar-refractivity contribution in [2.45, 2.75) is 17.6 Å². The SMILES string of the molecule is Cc1occc1SCc1cc2ccccc2nc1N. The number of fused-ring (bicyclic) bond motifs is 1. The molecule has 0 saturated heterocycles. The van der Waals surface area contributed by atoms with Gasteiger partial charge in [-0.15, -0.1) is 11.8 Å². The van der Waals surface area contributed by atoms with Crippen molar-refractivity contribution < 1.29 is 4.42 Å². The lowest BCUT2D eigenvalue weighted by molar-refractivity contribution is 0.527. The predicted molar refractivity (Wildman–Crippen MR) is 79.2 cm³/mol. The highest BCUT2D eigenvalue weighted by atomic mass is 32.2. The third-order valence-corrected chi connectivity index (χ3v) is 4.22. The smallest absolute Gasteiger partial charge is 0.128 e. The number of pyridine rings is 1. The third-order valence-electron chi connectivity index (χ3n) is 3.03. The highest BCUT2D eigenvalue weighted by Gasteiger charge is 2.07. The van der Waals surface area contributed by atoms with E-state index in [9.17, 15) is 0 Å². The molecule has 3 nitrogen and oxygen atoms in total. The standard InChI is InChI=1S/C15H14N2OS/c1-10-14(6-7-18-10)19-9-12-8-11-4-2-3-5-13(11)17-15(12)16/h2-8H,9H2,1H3,(H2,16,17). The Kier molecular flexibility index (Phi) is 3.17. The second-order valence-corrected chi connectivity index (χ2v) is 5.37. The number of para-hydroxylation sites is 1. The van der Waals surface area contributed by atoms with E-state index in [-0.39, 0.29) is 0 Å². The summed E-state index contributed by atoms with van der Waals surface area (Å²) >= 11 is 1.72. The Morgan fingerprint density at radius 1 is 1.26 bits per heavy atom. The average Bonchev–Trinajstić information content (AvgIpc) is 2.82. The molecule has 0 radical (unpaired) electrons. The van der Waals surface area contributed by atoms with Crippen LogP contribution in [0.5, 0.6) is 0 Å². The molecule has 19 heavy (non-hydrogen) atoms. The number of aryl methyl sites for hydroxylation is 1. The zero-order valence-corrected chi connectivity index (χ0v) is 11.4. The van der Waals surface area contributed by atoms with Crippen LogP contribution in [0.2, 0.25) is 0 Å². The van der Waals surface area contributed by atoms with Crippen LogP contribution >= 0.6 is 11.8 Å². The van der Waals surface area contributed by atoms with Crippen molar-refractivity contribution in [2.75, 3.05) is 5.73 Å². The fourth-order valence-corrected chi connectivity index (χ4v) is 2.91. The van der Waals surface area contributed by atoms with Crippen LogP contribution in [0.15, 0.2) is 52.0 Å². The first kappa shape index (κ1) is 12.1. The lowest BCUT2D eigenvalue weighted by Gasteiger charge is -2.06. The van der Waals surface area contributed by atoms with Gasteiger partial charge in [0.15, 0.2) is 0 Å². The first-order valence-electron chi connectivity index (χ1n) is 6.05. The predicted octanol–water partition coefficient (Wildman–Crippen LogP) is 4.01. The van der Waals surface area contributed by atoms with Crippen LogP contribution in [0.4, 0.5) is 5.82 Å². The van der Waals surface area contributed by atoms with Gasteiger partial charge in [0.2, 0.25) is 0 Å². The number of rotatable bonds is 3. The topological polar surface area (TPSA) is 52.0 Å².